The molecule has 0 saturated heterocycles. The zero-order valence-electron chi connectivity index (χ0n) is 9.52. The zero-order chi connectivity index (χ0) is 11.6. The fraction of sp³-hybridized carbons (Fsp3) is 0.462. The number of carbonyl (C=O) groups is 1. The summed E-state index contributed by atoms with van der Waals surface area (Å²) in [6.07, 6.45) is 3.17. The van der Waals surface area contributed by atoms with Crippen molar-refractivity contribution in [3.05, 3.63) is 30.3 Å². The molecule has 1 rings (SSSR count). The summed E-state index contributed by atoms with van der Waals surface area (Å²) in [6, 6.07) is 10.3. The predicted octanol–water partition coefficient (Wildman–Crippen LogP) is 2.25. The first-order valence-corrected chi connectivity index (χ1v) is 5.44. The highest BCUT2D eigenvalue weighted by atomic mass is 16.5. The molecule has 1 atom stereocenters. The molecule has 0 aliphatic carbocycles. The van der Waals surface area contributed by atoms with E-state index in [0.29, 0.717) is 6.61 Å². The van der Waals surface area contributed by atoms with E-state index in [4.69, 9.17) is 9.47 Å². The minimum Gasteiger partial charge on any atom is -0.494 e. The first-order chi connectivity index (χ1) is 7.86. The molecule has 1 unspecified atom stereocenters. The Balaban J connectivity index is 2.06. The van der Waals surface area contributed by atoms with E-state index >= 15 is 0 Å². The number of unbranched alkanes of at least 4 members (excludes halogenated alkanes) is 1. The third kappa shape index (κ3) is 4.94. The Labute approximate surface area is 96.4 Å². The summed E-state index contributed by atoms with van der Waals surface area (Å²) in [4.78, 5) is 10.5. The van der Waals surface area contributed by atoms with Crippen LogP contribution >= 0.6 is 0 Å². The van der Waals surface area contributed by atoms with E-state index in [1.54, 1.807) is 7.11 Å². The fourth-order valence-corrected chi connectivity index (χ4v) is 1.35. The predicted molar refractivity (Wildman–Crippen MR) is 61.5 cm³/mol. The Morgan fingerprint density at radius 1 is 1.38 bits per heavy atom. The van der Waals surface area contributed by atoms with Crippen molar-refractivity contribution in [2.24, 2.45) is 0 Å². The van der Waals surface area contributed by atoms with Gasteiger partial charge in [-0.3, -0.25) is 0 Å². The summed E-state index contributed by atoms with van der Waals surface area (Å²) in [6.45, 7) is 0.666. The smallest absolute Gasteiger partial charge is 0.148 e. The summed E-state index contributed by atoms with van der Waals surface area (Å²) < 4.78 is 10.5. The molecule has 1 radical (unpaired) electrons. The van der Waals surface area contributed by atoms with Gasteiger partial charge >= 0.3 is 0 Å². The van der Waals surface area contributed by atoms with Crippen LogP contribution < -0.4 is 4.74 Å². The van der Waals surface area contributed by atoms with Crippen molar-refractivity contribution in [2.45, 2.75) is 25.4 Å². The molecular formula is C13H17O3. The molecule has 3 heteroatoms. The molecule has 0 aromatic heterocycles. The molecule has 0 aliphatic rings. The van der Waals surface area contributed by atoms with Crippen molar-refractivity contribution >= 4 is 6.29 Å². The molecule has 0 aliphatic heterocycles. The molecule has 87 valence electrons. The number of aldehydes is 1. The zero-order valence-corrected chi connectivity index (χ0v) is 9.52. The number of rotatable bonds is 8. The minimum absolute atomic E-state index is 0.272. The highest BCUT2D eigenvalue weighted by Crippen LogP contribution is 2.09. The van der Waals surface area contributed by atoms with Crippen molar-refractivity contribution in [2.75, 3.05) is 13.7 Å². The van der Waals surface area contributed by atoms with Crippen LogP contribution in [-0.2, 0) is 9.53 Å². The Morgan fingerprint density at radius 2 is 2.12 bits per heavy atom. The second-order valence-electron chi connectivity index (χ2n) is 3.49. The van der Waals surface area contributed by atoms with Crippen LogP contribution in [0.5, 0.6) is 5.75 Å². The van der Waals surface area contributed by atoms with Gasteiger partial charge in [-0.15, -0.1) is 0 Å². The molecule has 0 N–H and O–H groups in total. The van der Waals surface area contributed by atoms with Gasteiger partial charge in [0, 0.05) is 7.11 Å². The molecule has 0 fully saturated rings. The van der Waals surface area contributed by atoms with Gasteiger partial charge in [-0.05, 0) is 37.5 Å². The topological polar surface area (TPSA) is 35.5 Å². The van der Waals surface area contributed by atoms with Crippen LogP contribution in [-0.4, -0.2) is 26.1 Å². The summed E-state index contributed by atoms with van der Waals surface area (Å²) in [5, 5.41) is 0. The standard InChI is InChI=1S/C13H17O3/c1-15-13(11-14)9-5-6-10-16-12-7-3-2-4-8-12/h3-4,7-8,11,13H,5-6,9-10H2,1H3. The lowest BCUT2D eigenvalue weighted by molar-refractivity contribution is -0.116. The van der Waals surface area contributed by atoms with Crippen molar-refractivity contribution < 1.29 is 14.3 Å². The van der Waals surface area contributed by atoms with Crippen LogP contribution in [0, 0.1) is 6.07 Å². The largest absolute Gasteiger partial charge is 0.494 e. The Bertz CT molecular complexity index is 284. The molecule has 16 heavy (non-hydrogen) atoms. The van der Waals surface area contributed by atoms with Gasteiger partial charge < -0.3 is 14.3 Å². The average molecular weight is 221 g/mol. The van der Waals surface area contributed by atoms with Gasteiger partial charge in [-0.25, -0.2) is 0 Å². The van der Waals surface area contributed by atoms with Gasteiger partial charge in [0.1, 0.15) is 18.1 Å². The van der Waals surface area contributed by atoms with Crippen molar-refractivity contribution in [1.29, 1.82) is 0 Å². The van der Waals surface area contributed by atoms with Gasteiger partial charge in [-0.1, -0.05) is 12.1 Å². The van der Waals surface area contributed by atoms with Gasteiger partial charge in [0.15, 0.2) is 0 Å². The first kappa shape index (κ1) is 12.7. The maximum atomic E-state index is 10.5. The van der Waals surface area contributed by atoms with E-state index in [0.717, 1.165) is 31.3 Å². The van der Waals surface area contributed by atoms with E-state index in [2.05, 4.69) is 6.07 Å². The molecule has 3 nitrogen and oxygen atoms in total. The van der Waals surface area contributed by atoms with Gasteiger partial charge in [-0.2, -0.15) is 0 Å². The lowest BCUT2D eigenvalue weighted by atomic mass is 10.2. The van der Waals surface area contributed by atoms with E-state index in [1.165, 1.54) is 0 Å². The number of methoxy groups -OCH3 is 1. The molecule has 0 amide bonds. The summed E-state index contributed by atoms with van der Waals surface area (Å²) >= 11 is 0. The second-order valence-corrected chi connectivity index (χ2v) is 3.49. The van der Waals surface area contributed by atoms with Crippen molar-refractivity contribution in [1.82, 2.24) is 0 Å². The van der Waals surface area contributed by atoms with E-state index in [9.17, 15) is 4.79 Å². The molecule has 0 heterocycles. The van der Waals surface area contributed by atoms with E-state index < -0.39 is 0 Å². The molecule has 0 bridgehead atoms. The van der Waals surface area contributed by atoms with Crippen LogP contribution in [0.2, 0.25) is 0 Å². The maximum absolute atomic E-state index is 10.5. The van der Waals surface area contributed by atoms with Crippen LogP contribution in [0.1, 0.15) is 19.3 Å². The SMILES string of the molecule is COC(C=O)CCCCOc1cc[c]cc1. The number of ether oxygens (including phenoxy) is 2. The van der Waals surface area contributed by atoms with Crippen molar-refractivity contribution in [3.63, 3.8) is 0 Å². The summed E-state index contributed by atoms with van der Waals surface area (Å²) in [7, 11) is 1.55. The highest BCUT2D eigenvalue weighted by molar-refractivity contribution is 5.55. The Hall–Kier alpha value is -1.35. The van der Waals surface area contributed by atoms with E-state index in [-0.39, 0.29) is 6.10 Å². The van der Waals surface area contributed by atoms with Crippen LogP contribution in [0.3, 0.4) is 0 Å². The Kier molecular flexibility index (Phi) is 6.26. The van der Waals surface area contributed by atoms with Gasteiger partial charge in [0.25, 0.3) is 0 Å². The maximum Gasteiger partial charge on any atom is 0.148 e. The number of hydrogen-bond acceptors (Lipinski definition) is 3. The molecule has 1 aromatic carbocycles. The third-order valence-electron chi connectivity index (χ3n) is 2.29. The lowest BCUT2D eigenvalue weighted by Gasteiger charge is -2.08. The molecule has 0 saturated carbocycles. The summed E-state index contributed by atoms with van der Waals surface area (Å²) in [5.41, 5.74) is 0. The average Bonchev–Trinajstić information content (AvgIpc) is 2.35. The van der Waals surface area contributed by atoms with Gasteiger partial charge in [0.2, 0.25) is 0 Å². The second kappa shape index (κ2) is 7.88. The first-order valence-electron chi connectivity index (χ1n) is 5.44. The molecule has 0 spiro atoms. The molecule has 1 aromatic rings. The number of carbonyl (C=O) groups excluding carboxylic acids is 1. The number of benzene rings is 1. The fourth-order valence-electron chi connectivity index (χ4n) is 1.35. The minimum atomic E-state index is -0.272. The van der Waals surface area contributed by atoms with Crippen LogP contribution in [0.15, 0.2) is 24.3 Å². The summed E-state index contributed by atoms with van der Waals surface area (Å²) in [5.74, 6) is 0.859. The van der Waals surface area contributed by atoms with Crippen molar-refractivity contribution in [3.8, 4) is 5.75 Å². The molecular weight excluding hydrogens is 204 g/mol. The normalized spacial score (nSPS) is 12.1. The highest BCUT2D eigenvalue weighted by Gasteiger charge is 2.03. The monoisotopic (exact) mass is 221 g/mol. The third-order valence-corrected chi connectivity index (χ3v) is 2.29. The van der Waals surface area contributed by atoms with Crippen LogP contribution in [0.4, 0.5) is 0 Å². The number of hydrogen-bond donors (Lipinski definition) is 0. The quantitative estimate of drug-likeness (QED) is 0.499. The lowest BCUT2D eigenvalue weighted by Crippen LogP contribution is -2.12. The van der Waals surface area contributed by atoms with E-state index in [1.807, 2.05) is 24.3 Å². The Morgan fingerprint density at radius 3 is 2.75 bits per heavy atom. The van der Waals surface area contributed by atoms with Crippen LogP contribution in [0.25, 0.3) is 0 Å². The van der Waals surface area contributed by atoms with Gasteiger partial charge in [0.05, 0.1) is 6.61 Å².